The first-order valence-corrected chi connectivity index (χ1v) is 2.35. The minimum atomic E-state index is -4.64. The van der Waals surface area contributed by atoms with Gasteiger partial charge in [0.1, 0.15) is 0 Å². The maximum Gasteiger partial charge on any atom is 1.00 e. The van der Waals surface area contributed by atoms with Crippen molar-refractivity contribution in [3.8, 4) is 0 Å². The molecule has 7 nitrogen and oxygen atoms in total. The summed E-state index contributed by atoms with van der Waals surface area (Å²) in [6, 6.07) is 0. The molecule has 0 bridgehead atoms. The van der Waals surface area contributed by atoms with Crippen molar-refractivity contribution < 1.29 is 65.2 Å². The van der Waals surface area contributed by atoms with E-state index in [1.54, 1.807) is 0 Å². The van der Waals surface area contributed by atoms with Crippen LogP contribution in [0.1, 0.15) is 0 Å². The smallest absolute Gasteiger partial charge is 0.870 e. The molecule has 0 amide bonds. The largest absolute Gasteiger partial charge is 1.00 e. The van der Waals surface area contributed by atoms with Gasteiger partial charge in [0.25, 0.3) is 0 Å². The second-order valence-corrected chi connectivity index (χ2v) is 1.54. The maximum atomic E-state index is 8.88. The Hall–Kier alpha value is 0.990. The van der Waals surface area contributed by atoms with E-state index < -0.39 is 7.82 Å². The van der Waals surface area contributed by atoms with Gasteiger partial charge in [-0.3, -0.25) is 0 Å². The van der Waals surface area contributed by atoms with E-state index in [9.17, 15) is 0 Å². The van der Waals surface area contributed by atoms with Gasteiger partial charge in [0.2, 0.25) is 0 Å². The Kier molecular flexibility index (Phi) is 42.3. The van der Waals surface area contributed by atoms with Crippen molar-refractivity contribution in [2.45, 2.75) is 0 Å². The minimum Gasteiger partial charge on any atom is -0.870 e. The molecular weight excluding hydrogens is 166 g/mol. The predicted octanol–water partition coefficient (Wildman–Crippen LogP) is -5.75. The minimum absolute atomic E-state index is 0. The van der Waals surface area contributed by atoms with Crippen molar-refractivity contribution in [3.63, 3.8) is 0 Å². The first-order valence-electron chi connectivity index (χ1n) is 0.783. The Balaban J connectivity index is -0.0000000133. The molecule has 0 atom stereocenters. The van der Waals surface area contributed by atoms with Crippen LogP contribution in [0.3, 0.4) is 0 Å². The topological polar surface area (TPSA) is 171 Å². The number of hydrogen-bond donors (Lipinski definition) is 3. The summed E-state index contributed by atoms with van der Waals surface area (Å²) < 4.78 is 8.88. The second kappa shape index (κ2) is 11.7. The van der Waals surface area contributed by atoms with E-state index in [1.807, 2.05) is 0 Å². The van der Waals surface area contributed by atoms with E-state index in [2.05, 4.69) is 0 Å². The average molecular weight is 174 g/mol. The van der Waals surface area contributed by atoms with E-state index in [0.29, 0.717) is 0 Å². The van der Waals surface area contributed by atoms with Gasteiger partial charge in [0.15, 0.2) is 0 Å². The van der Waals surface area contributed by atoms with E-state index in [0.717, 1.165) is 0 Å². The van der Waals surface area contributed by atoms with Crippen LogP contribution in [0.2, 0.25) is 0 Å². The fraction of sp³-hybridized carbons (Fsp3) is 0. The first kappa shape index (κ1) is 32.4. The van der Waals surface area contributed by atoms with Gasteiger partial charge in [-0.1, -0.05) is 0 Å². The van der Waals surface area contributed by atoms with Crippen LogP contribution < -0.4 is 29.6 Å². The standard InChI is InChI=1S/Na.H3O4P.3H2O/c;1-5(2,3)4;;;/h;(H3,1,2,3,4);3*1H2/q+1;;;;/p-1. The van der Waals surface area contributed by atoms with Crippen LogP contribution in [0, 0.1) is 0 Å². The van der Waals surface area contributed by atoms with Crippen molar-refractivity contribution in [3.05, 3.63) is 0 Å². The summed E-state index contributed by atoms with van der Waals surface area (Å²) in [7, 11) is -4.64. The zero-order valence-electron chi connectivity index (χ0n) is 4.64. The molecule has 0 saturated heterocycles. The van der Waals surface area contributed by atoms with Crippen LogP contribution in [0.15, 0.2) is 0 Å². The summed E-state index contributed by atoms with van der Waals surface area (Å²) in [5, 5.41) is 0. The van der Waals surface area contributed by atoms with Gasteiger partial charge in [0.05, 0.1) is 0 Å². The zero-order valence-corrected chi connectivity index (χ0v) is 7.54. The molecule has 0 fully saturated rings. The van der Waals surface area contributed by atoms with E-state index in [1.165, 1.54) is 0 Å². The zero-order chi connectivity index (χ0) is 4.50. The molecule has 0 aromatic heterocycles. The number of phosphoric acid groups is 1. The summed E-state index contributed by atoms with van der Waals surface area (Å²) in [6.45, 7) is 0. The van der Waals surface area contributed by atoms with Crippen molar-refractivity contribution >= 4 is 7.82 Å². The van der Waals surface area contributed by atoms with Crippen LogP contribution in [-0.4, -0.2) is 31.1 Å². The van der Waals surface area contributed by atoms with Crippen LogP contribution in [0.25, 0.3) is 0 Å². The quantitative estimate of drug-likeness (QED) is 0.245. The maximum absolute atomic E-state index is 8.88. The van der Waals surface area contributed by atoms with Gasteiger partial charge < -0.3 is 31.1 Å². The van der Waals surface area contributed by atoms with Crippen LogP contribution in [0.4, 0.5) is 0 Å². The Morgan fingerprint density at radius 2 is 1.00 bits per heavy atom. The molecule has 0 heterocycles. The first-order chi connectivity index (χ1) is 2.00. The predicted molar refractivity (Wildman–Crippen MR) is 23.4 cm³/mol. The molecule has 0 aromatic carbocycles. The van der Waals surface area contributed by atoms with Gasteiger partial charge in [-0.05, 0) is 0 Å². The molecule has 0 aliphatic rings. The second-order valence-electron chi connectivity index (χ2n) is 0.513. The Morgan fingerprint density at radius 3 is 1.00 bits per heavy atom. The summed E-state index contributed by atoms with van der Waals surface area (Å²) in [6.07, 6.45) is 0. The molecule has 0 radical (unpaired) electrons. The van der Waals surface area contributed by atoms with Crippen molar-refractivity contribution in [1.82, 2.24) is 0 Å². The molecule has 0 aromatic rings. The normalized spacial score (nSPS) is 6.56. The summed E-state index contributed by atoms with van der Waals surface area (Å²) in [5.74, 6) is 0. The Labute approximate surface area is 73.2 Å². The molecular formula is H8NaO7P. The van der Waals surface area contributed by atoms with Crippen molar-refractivity contribution in [2.24, 2.45) is 0 Å². The summed E-state index contributed by atoms with van der Waals surface area (Å²) >= 11 is 0. The Morgan fingerprint density at radius 1 is 1.00 bits per heavy atom. The molecule has 0 spiro atoms. The van der Waals surface area contributed by atoms with Gasteiger partial charge in [0, 0.05) is 0 Å². The Bertz CT molecular complexity index is 55.1. The third kappa shape index (κ3) is 448. The van der Waals surface area contributed by atoms with Gasteiger partial charge in [-0.2, -0.15) is 0 Å². The SMILES string of the molecule is O.O.O=P(O)(O)O.[Na+].[OH-]. The van der Waals surface area contributed by atoms with Gasteiger partial charge >= 0.3 is 37.4 Å². The number of hydrogen-bond acceptors (Lipinski definition) is 2. The summed E-state index contributed by atoms with van der Waals surface area (Å²) in [4.78, 5) is 21.6. The third-order valence-electron chi connectivity index (χ3n) is 0. The fourth-order valence-electron chi connectivity index (χ4n) is 0. The van der Waals surface area contributed by atoms with Gasteiger partial charge in [-0.25, -0.2) is 4.57 Å². The molecule has 9 heteroatoms. The molecule has 0 rings (SSSR count). The van der Waals surface area contributed by atoms with Gasteiger partial charge in [-0.15, -0.1) is 0 Å². The summed E-state index contributed by atoms with van der Waals surface area (Å²) in [5.41, 5.74) is 0. The molecule has 0 saturated carbocycles. The van der Waals surface area contributed by atoms with Crippen LogP contribution >= 0.6 is 7.82 Å². The molecule has 8 N–H and O–H groups in total. The van der Waals surface area contributed by atoms with Crippen LogP contribution in [-0.2, 0) is 4.57 Å². The third-order valence-corrected chi connectivity index (χ3v) is 0. The fourth-order valence-corrected chi connectivity index (χ4v) is 0. The molecule has 9 heavy (non-hydrogen) atoms. The average Bonchev–Trinajstić information content (AvgIpc) is 0.722. The molecule has 0 aliphatic heterocycles. The van der Waals surface area contributed by atoms with E-state index >= 15 is 0 Å². The van der Waals surface area contributed by atoms with Crippen molar-refractivity contribution in [1.29, 1.82) is 0 Å². The number of rotatable bonds is 0. The molecule has 56 valence electrons. The van der Waals surface area contributed by atoms with Crippen LogP contribution in [0.5, 0.6) is 0 Å². The molecule has 0 aliphatic carbocycles. The van der Waals surface area contributed by atoms with E-state index in [4.69, 9.17) is 19.2 Å². The van der Waals surface area contributed by atoms with E-state index in [-0.39, 0.29) is 46.0 Å². The monoisotopic (exact) mass is 174 g/mol. The van der Waals surface area contributed by atoms with Crippen molar-refractivity contribution in [2.75, 3.05) is 0 Å². The molecule has 0 unspecified atom stereocenters.